The first-order valence-electron chi connectivity index (χ1n) is 9.37. The van der Waals surface area contributed by atoms with E-state index >= 15 is 0 Å². The second kappa shape index (κ2) is 9.95. The minimum Gasteiger partial charge on any atom is -0.394 e. The SMILES string of the molecule is O=C(C[C@@H]1C=C[C@@H](NC(=O)c2cccc(F)c2)[C@@H](CO)O1)NCc1ccccc1. The Morgan fingerprint density at radius 1 is 1.07 bits per heavy atom. The number of nitrogens with one attached hydrogen (secondary N) is 2. The van der Waals surface area contributed by atoms with Gasteiger partial charge in [-0.25, -0.2) is 4.39 Å². The van der Waals surface area contributed by atoms with Crippen molar-refractivity contribution in [1.29, 1.82) is 0 Å². The zero-order valence-corrected chi connectivity index (χ0v) is 15.8. The Morgan fingerprint density at radius 2 is 1.86 bits per heavy atom. The van der Waals surface area contributed by atoms with Gasteiger partial charge in [-0.1, -0.05) is 48.6 Å². The highest BCUT2D eigenvalue weighted by molar-refractivity contribution is 5.94. The third kappa shape index (κ3) is 5.97. The van der Waals surface area contributed by atoms with Gasteiger partial charge in [-0.2, -0.15) is 0 Å². The van der Waals surface area contributed by atoms with Crippen LogP contribution in [-0.2, 0) is 16.1 Å². The number of hydrogen-bond acceptors (Lipinski definition) is 4. The molecule has 1 aliphatic heterocycles. The van der Waals surface area contributed by atoms with E-state index in [4.69, 9.17) is 4.74 Å². The van der Waals surface area contributed by atoms with Gasteiger partial charge in [0.25, 0.3) is 5.91 Å². The monoisotopic (exact) mass is 398 g/mol. The predicted octanol–water partition coefficient (Wildman–Crippen LogP) is 1.95. The van der Waals surface area contributed by atoms with Gasteiger partial charge in [0.15, 0.2) is 0 Å². The third-order valence-corrected chi connectivity index (χ3v) is 4.57. The topological polar surface area (TPSA) is 87.7 Å². The van der Waals surface area contributed by atoms with E-state index in [2.05, 4.69) is 10.6 Å². The second-order valence-corrected chi connectivity index (χ2v) is 6.76. The normalized spacial score (nSPS) is 20.8. The molecule has 29 heavy (non-hydrogen) atoms. The van der Waals surface area contributed by atoms with Crippen LogP contribution in [0.15, 0.2) is 66.7 Å². The lowest BCUT2D eigenvalue weighted by molar-refractivity contribution is -0.125. The highest BCUT2D eigenvalue weighted by atomic mass is 19.1. The van der Waals surface area contributed by atoms with Crippen LogP contribution in [0.2, 0.25) is 0 Å². The molecule has 0 fully saturated rings. The van der Waals surface area contributed by atoms with E-state index in [1.54, 1.807) is 12.2 Å². The van der Waals surface area contributed by atoms with E-state index in [-0.39, 0.29) is 24.5 Å². The first kappa shape index (κ1) is 20.7. The summed E-state index contributed by atoms with van der Waals surface area (Å²) in [5, 5.41) is 15.2. The van der Waals surface area contributed by atoms with Crippen LogP contribution in [0, 0.1) is 5.82 Å². The molecule has 3 N–H and O–H groups in total. The zero-order valence-electron chi connectivity index (χ0n) is 15.8. The molecule has 1 heterocycles. The molecule has 2 aromatic rings. The summed E-state index contributed by atoms with van der Waals surface area (Å²) in [6.45, 7) is 0.0897. The van der Waals surface area contributed by atoms with Crippen molar-refractivity contribution in [2.75, 3.05) is 6.61 Å². The van der Waals surface area contributed by atoms with E-state index < -0.39 is 30.0 Å². The molecule has 0 aromatic heterocycles. The summed E-state index contributed by atoms with van der Waals surface area (Å²) in [4.78, 5) is 24.5. The number of ether oxygens (including phenoxy) is 1. The Balaban J connectivity index is 1.53. The molecule has 7 heteroatoms. The van der Waals surface area contributed by atoms with E-state index in [0.29, 0.717) is 6.54 Å². The minimum absolute atomic E-state index is 0.102. The van der Waals surface area contributed by atoms with Crippen molar-refractivity contribution >= 4 is 11.8 Å². The van der Waals surface area contributed by atoms with Crippen molar-refractivity contribution < 1.29 is 23.8 Å². The average molecular weight is 398 g/mol. The number of carbonyl (C=O) groups excluding carboxylic acids is 2. The van der Waals surface area contributed by atoms with Crippen molar-refractivity contribution in [2.45, 2.75) is 31.2 Å². The molecule has 6 nitrogen and oxygen atoms in total. The Morgan fingerprint density at radius 3 is 2.59 bits per heavy atom. The van der Waals surface area contributed by atoms with Crippen molar-refractivity contribution in [3.8, 4) is 0 Å². The van der Waals surface area contributed by atoms with Gasteiger partial charge in [0.05, 0.1) is 25.2 Å². The maximum atomic E-state index is 13.3. The number of rotatable bonds is 7. The highest BCUT2D eigenvalue weighted by Gasteiger charge is 2.29. The summed E-state index contributed by atoms with van der Waals surface area (Å²) in [7, 11) is 0. The molecule has 3 rings (SSSR count). The molecular weight excluding hydrogens is 375 g/mol. The summed E-state index contributed by atoms with van der Waals surface area (Å²) in [6.07, 6.45) is 2.26. The quantitative estimate of drug-likeness (QED) is 0.622. The number of amides is 2. The number of hydrogen-bond donors (Lipinski definition) is 3. The van der Waals surface area contributed by atoms with E-state index in [0.717, 1.165) is 11.6 Å². The van der Waals surface area contributed by atoms with Crippen molar-refractivity contribution in [2.24, 2.45) is 0 Å². The number of carbonyl (C=O) groups is 2. The van der Waals surface area contributed by atoms with Crippen LogP contribution < -0.4 is 10.6 Å². The minimum atomic E-state index is -0.704. The van der Waals surface area contributed by atoms with E-state index in [1.165, 1.54) is 18.2 Å². The standard InChI is InChI=1S/C22H23FN2O4/c23-17-8-4-7-16(11-17)22(28)25-19-10-9-18(29-20(19)14-26)12-21(27)24-13-15-5-2-1-3-6-15/h1-11,18-20,26H,12-14H2,(H,24,27)(H,25,28)/t18-,19+,20+/m0/s1. The zero-order chi connectivity index (χ0) is 20.6. The first-order valence-corrected chi connectivity index (χ1v) is 9.37. The third-order valence-electron chi connectivity index (χ3n) is 4.57. The van der Waals surface area contributed by atoms with Gasteiger partial charge < -0.3 is 20.5 Å². The molecule has 0 aliphatic carbocycles. The molecule has 3 atom stereocenters. The molecule has 152 valence electrons. The van der Waals surface area contributed by atoms with Gasteiger partial charge >= 0.3 is 0 Å². The van der Waals surface area contributed by atoms with Crippen LogP contribution in [0.3, 0.4) is 0 Å². The maximum absolute atomic E-state index is 13.3. The number of aliphatic hydroxyl groups is 1. The fourth-order valence-electron chi connectivity index (χ4n) is 3.05. The summed E-state index contributed by atoms with van der Waals surface area (Å²) >= 11 is 0. The van der Waals surface area contributed by atoms with Crippen molar-refractivity contribution in [3.05, 3.63) is 83.7 Å². The summed E-state index contributed by atoms with van der Waals surface area (Å²) in [6, 6.07) is 14.3. The number of benzene rings is 2. The van der Waals surface area contributed by atoms with Gasteiger partial charge in [-0.3, -0.25) is 9.59 Å². The summed E-state index contributed by atoms with van der Waals surface area (Å²) in [5.74, 6) is -1.16. The highest BCUT2D eigenvalue weighted by Crippen LogP contribution is 2.16. The number of halogens is 1. The largest absolute Gasteiger partial charge is 0.394 e. The molecule has 0 spiro atoms. The Kier molecular flexibility index (Phi) is 7.10. The molecule has 0 saturated carbocycles. The van der Waals surface area contributed by atoms with Gasteiger partial charge in [0.2, 0.25) is 5.91 Å². The Hall–Kier alpha value is -3.03. The predicted molar refractivity (Wildman–Crippen MR) is 105 cm³/mol. The van der Waals surface area contributed by atoms with Crippen molar-refractivity contribution in [3.63, 3.8) is 0 Å². The lowest BCUT2D eigenvalue weighted by atomic mass is 10.0. The maximum Gasteiger partial charge on any atom is 0.251 e. The van der Waals surface area contributed by atoms with Crippen LogP contribution in [0.4, 0.5) is 4.39 Å². The molecular formula is C22H23FN2O4. The second-order valence-electron chi connectivity index (χ2n) is 6.76. The summed E-state index contributed by atoms with van der Waals surface area (Å²) < 4.78 is 19.0. The molecule has 2 aromatic carbocycles. The lowest BCUT2D eigenvalue weighted by Gasteiger charge is -2.31. The lowest BCUT2D eigenvalue weighted by Crippen LogP contribution is -2.49. The smallest absolute Gasteiger partial charge is 0.251 e. The van der Waals surface area contributed by atoms with Gasteiger partial charge in [0.1, 0.15) is 11.9 Å². The molecule has 0 bridgehead atoms. The number of aliphatic hydroxyl groups excluding tert-OH is 1. The molecule has 0 radical (unpaired) electrons. The Labute approximate surface area is 168 Å². The van der Waals surface area contributed by atoms with Crippen molar-refractivity contribution in [1.82, 2.24) is 10.6 Å². The van der Waals surface area contributed by atoms with E-state index in [1.807, 2.05) is 30.3 Å². The van der Waals surface area contributed by atoms with Gasteiger partial charge in [-0.15, -0.1) is 0 Å². The fourth-order valence-corrected chi connectivity index (χ4v) is 3.05. The first-order chi connectivity index (χ1) is 14.0. The molecule has 0 saturated heterocycles. The Bertz CT molecular complexity index is 872. The van der Waals surface area contributed by atoms with E-state index in [9.17, 15) is 19.1 Å². The van der Waals surface area contributed by atoms with Gasteiger partial charge in [-0.05, 0) is 23.8 Å². The molecule has 2 amide bonds. The van der Waals surface area contributed by atoms with Crippen LogP contribution in [0.1, 0.15) is 22.3 Å². The van der Waals surface area contributed by atoms with Crippen LogP contribution in [-0.4, -0.2) is 41.8 Å². The molecule has 0 unspecified atom stereocenters. The van der Waals surface area contributed by atoms with Crippen LogP contribution in [0.5, 0.6) is 0 Å². The summed E-state index contributed by atoms with van der Waals surface area (Å²) in [5.41, 5.74) is 1.17. The molecule has 1 aliphatic rings. The average Bonchev–Trinajstić information content (AvgIpc) is 2.74. The fraction of sp³-hybridized carbons (Fsp3) is 0.273. The van der Waals surface area contributed by atoms with Crippen LogP contribution in [0.25, 0.3) is 0 Å². The van der Waals surface area contributed by atoms with Crippen LogP contribution >= 0.6 is 0 Å². The van der Waals surface area contributed by atoms with Gasteiger partial charge in [0, 0.05) is 12.1 Å².